The van der Waals surface area contributed by atoms with Crippen LogP contribution in [0.5, 0.6) is 5.75 Å². The SMILES string of the molecule is FC(F)Oc1ccc(CBr)nc1. The quantitative estimate of drug-likeness (QED) is 0.755. The lowest BCUT2D eigenvalue weighted by Gasteiger charge is -2.03. The van der Waals surface area contributed by atoms with E-state index in [2.05, 4.69) is 25.7 Å². The number of ether oxygens (including phenoxy) is 1. The van der Waals surface area contributed by atoms with Crippen LogP contribution < -0.4 is 4.74 Å². The molecule has 5 heteroatoms. The van der Waals surface area contributed by atoms with Crippen LogP contribution in [0.25, 0.3) is 0 Å². The molecule has 0 fully saturated rings. The maximum atomic E-state index is 11.6. The molecule has 0 radical (unpaired) electrons. The van der Waals surface area contributed by atoms with Crippen LogP contribution in [0.15, 0.2) is 18.3 Å². The van der Waals surface area contributed by atoms with Crippen LogP contribution in [-0.2, 0) is 5.33 Å². The highest BCUT2D eigenvalue weighted by molar-refractivity contribution is 9.08. The average molecular weight is 238 g/mol. The van der Waals surface area contributed by atoms with E-state index in [9.17, 15) is 8.78 Å². The Bertz CT molecular complexity index is 240. The van der Waals surface area contributed by atoms with Gasteiger partial charge in [0, 0.05) is 5.33 Å². The lowest BCUT2D eigenvalue weighted by Crippen LogP contribution is -2.02. The number of alkyl halides is 3. The lowest BCUT2D eigenvalue weighted by atomic mass is 10.4. The number of halogens is 3. The first-order valence-corrected chi connectivity index (χ1v) is 4.30. The molecule has 0 saturated heterocycles. The second-order valence-electron chi connectivity index (χ2n) is 2.00. The Kier molecular flexibility index (Phi) is 3.40. The zero-order valence-electron chi connectivity index (χ0n) is 6.01. The van der Waals surface area contributed by atoms with Crippen molar-refractivity contribution in [2.45, 2.75) is 11.9 Å². The van der Waals surface area contributed by atoms with Crippen molar-refractivity contribution in [3.8, 4) is 5.75 Å². The Morgan fingerprint density at radius 3 is 2.67 bits per heavy atom. The van der Waals surface area contributed by atoms with E-state index >= 15 is 0 Å². The highest BCUT2D eigenvalue weighted by Gasteiger charge is 2.03. The van der Waals surface area contributed by atoms with Gasteiger partial charge >= 0.3 is 6.61 Å². The molecule has 0 aromatic carbocycles. The molecule has 1 rings (SSSR count). The van der Waals surface area contributed by atoms with Crippen molar-refractivity contribution in [1.29, 1.82) is 0 Å². The van der Waals surface area contributed by atoms with E-state index in [0.717, 1.165) is 5.69 Å². The second kappa shape index (κ2) is 4.35. The number of aromatic nitrogens is 1. The number of hydrogen-bond donors (Lipinski definition) is 0. The Morgan fingerprint density at radius 1 is 1.50 bits per heavy atom. The summed E-state index contributed by atoms with van der Waals surface area (Å²) in [5, 5.41) is 0.599. The van der Waals surface area contributed by atoms with Crippen LogP contribution in [-0.4, -0.2) is 11.6 Å². The zero-order valence-corrected chi connectivity index (χ0v) is 7.59. The summed E-state index contributed by atoms with van der Waals surface area (Å²) in [6.07, 6.45) is 1.27. The van der Waals surface area contributed by atoms with Crippen LogP contribution >= 0.6 is 15.9 Å². The largest absolute Gasteiger partial charge is 0.433 e. The lowest BCUT2D eigenvalue weighted by molar-refractivity contribution is -0.0500. The van der Waals surface area contributed by atoms with Crippen LogP contribution in [0.4, 0.5) is 8.78 Å². The fourth-order valence-corrected chi connectivity index (χ4v) is 0.994. The summed E-state index contributed by atoms with van der Waals surface area (Å²) in [4.78, 5) is 3.85. The molecule has 0 N–H and O–H groups in total. The fraction of sp³-hybridized carbons (Fsp3) is 0.286. The summed E-state index contributed by atoms with van der Waals surface area (Å²) >= 11 is 3.18. The minimum atomic E-state index is -2.79. The van der Waals surface area contributed by atoms with Gasteiger partial charge in [-0.25, -0.2) is 0 Å². The van der Waals surface area contributed by atoms with Crippen molar-refractivity contribution >= 4 is 15.9 Å². The van der Waals surface area contributed by atoms with E-state index in [-0.39, 0.29) is 5.75 Å². The van der Waals surface area contributed by atoms with Gasteiger partial charge in [-0.2, -0.15) is 8.78 Å². The molecular formula is C7H6BrF2NO. The topological polar surface area (TPSA) is 22.1 Å². The maximum Gasteiger partial charge on any atom is 0.387 e. The molecule has 0 aliphatic rings. The van der Waals surface area contributed by atoms with Crippen LogP contribution in [0.2, 0.25) is 0 Å². The second-order valence-corrected chi connectivity index (χ2v) is 2.56. The number of nitrogens with zero attached hydrogens (tertiary/aromatic N) is 1. The molecule has 12 heavy (non-hydrogen) atoms. The predicted octanol–water partition coefficient (Wildman–Crippen LogP) is 2.58. The van der Waals surface area contributed by atoms with Gasteiger partial charge in [-0.05, 0) is 12.1 Å². The minimum Gasteiger partial charge on any atom is -0.433 e. The average Bonchev–Trinajstić information content (AvgIpc) is 2.05. The first-order valence-electron chi connectivity index (χ1n) is 3.18. The zero-order chi connectivity index (χ0) is 8.97. The molecule has 1 heterocycles. The summed E-state index contributed by atoms with van der Waals surface area (Å²) in [5.74, 6) is 0.0784. The van der Waals surface area contributed by atoms with Crippen molar-refractivity contribution < 1.29 is 13.5 Å². The molecule has 0 saturated carbocycles. The molecule has 0 amide bonds. The highest BCUT2D eigenvalue weighted by atomic mass is 79.9. The Labute approximate surface area is 76.7 Å². The Morgan fingerprint density at radius 2 is 2.25 bits per heavy atom. The van der Waals surface area contributed by atoms with Gasteiger partial charge in [-0.3, -0.25) is 4.98 Å². The highest BCUT2D eigenvalue weighted by Crippen LogP contribution is 2.13. The Hall–Kier alpha value is -0.710. The summed E-state index contributed by atoms with van der Waals surface area (Å²) in [7, 11) is 0. The van der Waals surface area contributed by atoms with Crippen molar-refractivity contribution in [3.05, 3.63) is 24.0 Å². The van der Waals surface area contributed by atoms with Crippen molar-refractivity contribution in [2.75, 3.05) is 0 Å². The standard InChI is InChI=1S/C7H6BrF2NO/c8-3-5-1-2-6(4-11-5)12-7(9)10/h1-2,4,7H,3H2. The number of hydrogen-bond acceptors (Lipinski definition) is 2. The molecular weight excluding hydrogens is 232 g/mol. The molecule has 0 bridgehead atoms. The van der Waals surface area contributed by atoms with E-state index in [0.29, 0.717) is 5.33 Å². The smallest absolute Gasteiger partial charge is 0.387 e. The molecule has 1 aromatic heterocycles. The van der Waals surface area contributed by atoms with Gasteiger partial charge in [0.25, 0.3) is 0 Å². The summed E-state index contributed by atoms with van der Waals surface area (Å²) < 4.78 is 27.4. The fourth-order valence-electron chi connectivity index (χ4n) is 0.663. The Balaban J connectivity index is 2.65. The predicted molar refractivity (Wildman–Crippen MR) is 43.5 cm³/mol. The van der Waals surface area contributed by atoms with Crippen molar-refractivity contribution in [2.24, 2.45) is 0 Å². The molecule has 0 spiro atoms. The molecule has 66 valence electrons. The summed E-state index contributed by atoms with van der Waals surface area (Å²) in [6.45, 7) is -2.79. The minimum absolute atomic E-state index is 0.0784. The van der Waals surface area contributed by atoms with E-state index < -0.39 is 6.61 Å². The van der Waals surface area contributed by atoms with E-state index in [4.69, 9.17) is 0 Å². The molecule has 0 aliphatic carbocycles. The number of rotatable bonds is 3. The van der Waals surface area contributed by atoms with E-state index in [1.54, 1.807) is 6.07 Å². The number of pyridine rings is 1. The molecule has 0 aliphatic heterocycles. The normalized spacial score (nSPS) is 10.3. The van der Waals surface area contributed by atoms with Gasteiger partial charge in [-0.15, -0.1) is 0 Å². The van der Waals surface area contributed by atoms with Gasteiger partial charge in [-0.1, -0.05) is 15.9 Å². The molecule has 2 nitrogen and oxygen atoms in total. The van der Waals surface area contributed by atoms with Crippen LogP contribution in [0, 0.1) is 0 Å². The van der Waals surface area contributed by atoms with Gasteiger partial charge in [0.1, 0.15) is 5.75 Å². The van der Waals surface area contributed by atoms with Gasteiger partial charge in [0.15, 0.2) is 0 Å². The molecule has 1 aromatic rings. The van der Waals surface area contributed by atoms with Crippen molar-refractivity contribution in [3.63, 3.8) is 0 Å². The summed E-state index contributed by atoms with van der Waals surface area (Å²) in [6, 6.07) is 3.07. The van der Waals surface area contributed by atoms with Crippen molar-refractivity contribution in [1.82, 2.24) is 4.98 Å². The van der Waals surface area contributed by atoms with Gasteiger partial charge < -0.3 is 4.74 Å². The van der Waals surface area contributed by atoms with E-state index in [1.807, 2.05) is 0 Å². The monoisotopic (exact) mass is 237 g/mol. The van der Waals surface area contributed by atoms with Gasteiger partial charge in [0.05, 0.1) is 11.9 Å². The maximum absolute atomic E-state index is 11.6. The van der Waals surface area contributed by atoms with Crippen LogP contribution in [0.1, 0.15) is 5.69 Å². The van der Waals surface area contributed by atoms with Crippen LogP contribution in [0.3, 0.4) is 0 Å². The first kappa shape index (κ1) is 9.38. The molecule has 0 atom stereocenters. The summed E-state index contributed by atoms with van der Waals surface area (Å²) in [5.41, 5.74) is 0.775. The third-order valence-corrected chi connectivity index (χ3v) is 1.73. The first-order chi connectivity index (χ1) is 5.72. The molecule has 0 unspecified atom stereocenters. The van der Waals surface area contributed by atoms with Gasteiger partial charge in [0.2, 0.25) is 0 Å². The third kappa shape index (κ3) is 2.73. The van der Waals surface area contributed by atoms with E-state index in [1.165, 1.54) is 12.3 Å². The third-order valence-electron chi connectivity index (χ3n) is 1.16.